The van der Waals surface area contributed by atoms with Crippen molar-refractivity contribution >= 4 is 11.9 Å². The minimum atomic E-state index is -0.990. The number of hydrogen-bond acceptors (Lipinski definition) is 3. The first-order valence-electron chi connectivity index (χ1n) is 5.10. The average Bonchev–Trinajstić information content (AvgIpc) is 2.84. The van der Waals surface area contributed by atoms with Crippen molar-refractivity contribution in [2.24, 2.45) is 11.8 Å². The van der Waals surface area contributed by atoms with E-state index >= 15 is 0 Å². The van der Waals surface area contributed by atoms with Crippen molar-refractivity contribution in [3.05, 3.63) is 24.8 Å². The first kappa shape index (κ1) is 10.9. The number of carbonyl (C=O) groups is 2. The highest BCUT2D eigenvalue weighted by Gasteiger charge is 2.52. The van der Waals surface area contributed by atoms with E-state index in [1.54, 1.807) is 18.2 Å². The van der Waals surface area contributed by atoms with Gasteiger partial charge in [-0.2, -0.15) is 0 Å². The Hall–Kier alpha value is -1.62. The Kier molecular flexibility index (Phi) is 2.78. The molecule has 4 atom stereocenters. The van der Waals surface area contributed by atoms with Gasteiger partial charge in [-0.25, -0.2) is 0 Å². The molecular weight excluding hydrogens is 210 g/mol. The van der Waals surface area contributed by atoms with Gasteiger partial charge >= 0.3 is 5.97 Å². The third-order valence-corrected chi connectivity index (χ3v) is 2.91. The van der Waals surface area contributed by atoms with Gasteiger partial charge in [0.05, 0.1) is 18.1 Å². The molecule has 0 aromatic rings. The minimum absolute atomic E-state index is 0.288. The summed E-state index contributed by atoms with van der Waals surface area (Å²) in [5.74, 6) is -2.69. The third-order valence-electron chi connectivity index (χ3n) is 2.91. The van der Waals surface area contributed by atoms with Gasteiger partial charge in [0.1, 0.15) is 5.92 Å². The van der Waals surface area contributed by atoms with E-state index in [1.807, 2.05) is 0 Å². The number of ether oxygens (including phenoxy) is 1. The van der Waals surface area contributed by atoms with Gasteiger partial charge in [-0.1, -0.05) is 18.2 Å². The second-order valence-electron chi connectivity index (χ2n) is 3.87. The number of fused-ring (bicyclic) bond motifs is 2. The molecule has 1 saturated heterocycles. The maximum Gasteiger partial charge on any atom is 0.310 e. The molecule has 0 aromatic carbocycles. The largest absolute Gasteiger partial charge is 0.481 e. The molecule has 2 aliphatic heterocycles. The van der Waals surface area contributed by atoms with Gasteiger partial charge in [-0.05, 0) is 0 Å². The molecule has 2 rings (SSSR count). The van der Waals surface area contributed by atoms with E-state index in [0.29, 0.717) is 6.54 Å². The van der Waals surface area contributed by atoms with Crippen LogP contribution in [0.4, 0.5) is 0 Å². The molecule has 5 nitrogen and oxygen atoms in total. The summed E-state index contributed by atoms with van der Waals surface area (Å²) in [6.45, 7) is 3.82. The molecule has 0 radical (unpaired) electrons. The lowest BCUT2D eigenvalue weighted by atomic mass is 9.82. The van der Waals surface area contributed by atoms with Crippen LogP contribution in [-0.4, -0.2) is 35.7 Å². The normalized spacial score (nSPS) is 35.0. The summed E-state index contributed by atoms with van der Waals surface area (Å²) in [5, 5.41) is 11.7. The highest BCUT2D eigenvalue weighted by atomic mass is 16.5. The van der Waals surface area contributed by atoms with Crippen LogP contribution < -0.4 is 5.32 Å². The predicted octanol–water partition coefficient (Wildman–Crippen LogP) is -0.0572. The summed E-state index contributed by atoms with van der Waals surface area (Å²) in [6.07, 6.45) is 4.14. The Balaban J connectivity index is 2.13. The van der Waals surface area contributed by atoms with E-state index in [9.17, 15) is 9.59 Å². The van der Waals surface area contributed by atoms with Crippen molar-refractivity contribution in [1.29, 1.82) is 0 Å². The fraction of sp³-hybridized carbons (Fsp3) is 0.455. The Labute approximate surface area is 92.8 Å². The smallest absolute Gasteiger partial charge is 0.310 e. The second-order valence-corrected chi connectivity index (χ2v) is 3.87. The van der Waals surface area contributed by atoms with Crippen LogP contribution in [0.2, 0.25) is 0 Å². The lowest BCUT2D eigenvalue weighted by molar-refractivity contribution is -0.146. The lowest BCUT2D eigenvalue weighted by Gasteiger charge is -2.20. The fourth-order valence-corrected chi connectivity index (χ4v) is 2.21. The van der Waals surface area contributed by atoms with Crippen molar-refractivity contribution in [3.63, 3.8) is 0 Å². The molecule has 16 heavy (non-hydrogen) atoms. The number of carboxylic acid groups (broad SMARTS) is 1. The molecule has 5 heteroatoms. The molecule has 2 heterocycles. The van der Waals surface area contributed by atoms with Crippen molar-refractivity contribution in [3.8, 4) is 0 Å². The molecular formula is C11H13NO4. The van der Waals surface area contributed by atoms with E-state index in [-0.39, 0.29) is 5.91 Å². The minimum Gasteiger partial charge on any atom is -0.481 e. The third kappa shape index (κ3) is 1.63. The van der Waals surface area contributed by atoms with Crippen LogP contribution in [0.3, 0.4) is 0 Å². The zero-order valence-electron chi connectivity index (χ0n) is 8.63. The summed E-state index contributed by atoms with van der Waals surface area (Å²) in [7, 11) is 0. The van der Waals surface area contributed by atoms with E-state index in [4.69, 9.17) is 9.84 Å². The predicted molar refractivity (Wildman–Crippen MR) is 55.6 cm³/mol. The summed E-state index contributed by atoms with van der Waals surface area (Å²) < 4.78 is 5.38. The molecule has 0 saturated carbocycles. The Morgan fingerprint density at radius 2 is 2.00 bits per heavy atom. The molecule has 2 aliphatic rings. The SMILES string of the molecule is C=CCNC(=O)[C@H]1[C@@H](C(=O)O)[C@H]2C=C[C@H]1O2. The van der Waals surface area contributed by atoms with Gasteiger partial charge < -0.3 is 15.2 Å². The van der Waals surface area contributed by atoms with E-state index < -0.39 is 30.0 Å². The number of hydrogen-bond donors (Lipinski definition) is 2. The fourth-order valence-electron chi connectivity index (χ4n) is 2.21. The van der Waals surface area contributed by atoms with Gasteiger partial charge in [0, 0.05) is 6.54 Å². The number of rotatable bonds is 4. The molecule has 0 aromatic heterocycles. The quantitative estimate of drug-likeness (QED) is 0.655. The van der Waals surface area contributed by atoms with Gasteiger partial charge in [0.25, 0.3) is 0 Å². The van der Waals surface area contributed by atoms with Gasteiger partial charge in [0.2, 0.25) is 5.91 Å². The number of nitrogens with one attached hydrogen (secondary N) is 1. The maximum atomic E-state index is 11.8. The second kappa shape index (κ2) is 4.09. The standard InChI is InChI=1S/C11H13NO4/c1-2-5-12-10(13)8-6-3-4-7(16-6)9(8)11(14)15/h2-4,6-9H,1,5H2,(H,12,13)(H,14,15)/t6-,7-,8-,9+/m1/s1. The van der Waals surface area contributed by atoms with E-state index in [0.717, 1.165) is 0 Å². The average molecular weight is 223 g/mol. The van der Waals surface area contributed by atoms with E-state index in [1.165, 1.54) is 0 Å². The molecule has 1 amide bonds. The Morgan fingerprint density at radius 1 is 1.38 bits per heavy atom. The van der Waals surface area contributed by atoms with Crippen molar-refractivity contribution < 1.29 is 19.4 Å². The number of carbonyl (C=O) groups excluding carboxylic acids is 1. The lowest BCUT2D eigenvalue weighted by Crippen LogP contribution is -2.42. The van der Waals surface area contributed by atoms with Gasteiger partial charge in [-0.15, -0.1) is 6.58 Å². The molecule has 86 valence electrons. The Bertz CT molecular complexity index is 363. The zero-order chi connectivity index (χ0) is 11.7. The topological polar surface area (TPSA) is 75.6 Å². The zero-order valence-corrected chi connectivity index (χ0v) is 8.63. The highest BCUT2D eigenvalue weighted by molar-refractivity contribution is 5.87. The van der Waals surface area contributed by atoms with Crippen LogP contribution in [0, 0.1) is 11.8 Å². The van der Waals surface area contributed by atoms with Gasteiger partial charge in [-0.3, -0.25) is 9.59 Å². The molecule has 0 spiro atoms. The molecule has 2 N–H and O–H groups in total. The summed E-state index contributed by atoms with van der Waals surface area (Å²) in [4.78, 5) is 22.8. The molecule has 1 fully saturated rings. The van der Waals surface area contributed by atoms with Crippen LogP contribution in [-0.2, 0) is 14.3 Å². The van der Waals surface area contributed by atoms with Crippen molar-refractivity contribution in [2.75, 3.05) is 6.54 Å². The molecule has 2 bridgehead atoms. The molecule has 0 unspecified atom stereocenters. The van der Waals surface area contributed by atoms with Crippen LogP contribution >= 0.6 is 0 Å². The van der Waals surface area contributed by atoms with Crippen molar-refractivity contribution in [1.82, 2.24) is 5.32 Å². The summed E-state index contributed by atoms with van der Waals surface area (Å²) in [6, 6.07) is 0. The van der Waals surface area contributed by atoms with Crippen LogP contribution in [0.25, 0.3) is 0 Å². The van der Waals surface area contributed by atoms with Crippen LogP contribution in [0.5, 0.6) is 0 Å². The van der Waals surface area contributed by atoms with Crippen LogP contribution in [0.1, 0.15) is 0 Å². The van der Waals surface area contributed by atoms with Crippen LogP contribution in [0.15, 0.2) is 24.8 Å². The summed E-state index contributed by atoms with van der Waals surface area (Å²) >= 11 is 0. The molecule has 0 aliphatic carbocycles. The first-order chi connectivity index (χ1) is 7.65. The first-order valence-corrected chi connectivity index (χ1v) is 5.10. The van der Waals surface area contributed by atoms with Gasteiger partial charge in [0.15, 0.2) is 0 Å². The number of aliphatic carboxylic acids is 1. The monoisotopic (exact) mass is 223 g/mol. The Morgan fingerprint density at radius 3 is 2.56 bits per heavy atom. The number of carboxylic acids is 1. The highest BCUT2D eigenvalue weighted by Crippen LogP contribution is 2.39. The van der Waals surface area contributed by atoms with E-state index in [2.05, 4.69) is 11.9 Å². The van der Waals surface area contributed by atoms with Crippen molar-refractivity contribution in [2.45, 2.75) is 12.2 Å². The maximum absolute atomic E-state index is 11.8. The number of amides is 1. The summed E-state index contributed by atoms with van der Waals surface area (Å²) in [5.41, 5.74) is 0.